The van der Waals surface area contributed by atoms with Gasteiger partial charge in [0.05, 0.1) is 18.7 Å². The zero-order chi connectivity index (χ0) is 20.7. The summed E-state index contributed by atoms with van der Waals surface area (Å²) in [6, 6.07) is 8.36. The number of carbonyl (C=O) groups is 2. The summed E-state index contributed by atoms with van der Waals surface area (Å²) < 4.78 is 18.7. The van der Waals surface area contributed by atoms with Crippen LogP contribution in [-0.2, 0) is 16.1 Å². The van der Waals surface area contributed by atoms with Crippen LogP contribution < -0.4 is 0 Å². The Morgan fingerprint density at radius 1 is 1.30 bits per heavy atom. The van der Waals surface area contributed by atoms with Gasteiger partial charge in [0.2, 0.25) is 11.8 Å². The Hall–Kier alpha value is -3.35. The molecular formula is C23H22FN3O3. The quantitative estimate of drug-likeness (QED) is 0.719. The van der Waals surface area contributed by atoms with Crippen molar-refractivity contribution in [3.63, 3.8) is 0 Å². The van der Waals surface area contributed by atoms with E-state index >= 15 is 0 Å². The Labute approximate surface area is 172 Å². The molecule has 1 N–H and O–H groups in total. The SMILES string of the molecule is O=C1CC(C(=O)N2CC=C(c3c[nH]c4cc(F)ccc34)CC2)CN1Cc1ccco1. The number of fused-ring (bicyclic) bond motifs is 1. The van der Waals surface area contributed by atoms with Crippen molar-refractivity contribution in [3.05, 3.63) is 66.0 Å². The van der Waals surface area contributed by atoms with Gasteiger partial charge in [-0.25, -0.2) is 4.39 Å². The zero-order valence-corrected chi connectivity index (χ0v) is 16.4. The van der Waals surface area contributed by atoms with Crippen LogP contribution in [0.1, 0.15) is 24.2 Å². The summed E-state index contributed by atoms with van der Waals surface area (Å²) in [6.07, 6.45) is 6.52. The first-order valence-corrected chi connectivity index (χ1v) is 10.1. The molecule has 2 amide bonds. The van der Waals surface area contributed by atoms with Crippen molar-refractivity contribution < 1.29 is 18.4 Å². The molecule has 4 heterocycles. The third-order valence-electron chi connectivity index (χ3n) is 6.00. The molecule has 1 unspecified atom stereocenters. The number of benzene rings is 1. The summed E-state index contributed by atoms with van der Waals surface area (Å²) in [7, 11) is 0. The lowest BCUT2D eigenvalue weighted by atomic mass is 9.97. The Kier molecular flexibility index (Phi) is 4.65. The van der Waals surface area contributed by atoms with Gasteiger partial charge in [-0.1, -0.05) is 6.08 Å². The van der Waals surface area contributed by atoms with E-state index in [2.05, 4.69) is 11.1 Å². The summed E-state index contributed by atoms with van der Waals surface area (Å²) in [5.41, 5.74) is 2.97. The number of nitrogens with zero attached hydrogens (tertiary/aromatic N) is 2. The van der Waals surface area contributed by atoms with Crippen LogP contribution in [0.2, 0.25) is 0 Å². The number of hydrogen-bond acceptors (Lipinski definition) is 3. The number of hydrogen-bond donors (Lipinski definition) is 1. The molecular weight excluding hydrogens is 385 g/mol. The van der Waals surface area contributed by atoms with Gasteiger partial charge in [0.15, 0.2) is 0 Å². The number of amides is 2. The van der Waals surface area contributed by atoms with E-state index in [9.17, 15) is 14.0 Å². The number of rotatable bonds is 4. The van der Waals surface area contributed by atoms with Crippen LogP contribution in [0.25, 0.3) is 16.5 Å². The summed E-state index contributed by atoms with van der Waals surface area (Å²) in [5.74, 6) is 0.169. The molecule has 0 radical (unpaired) electrons. The topological polar surface area (TPSA) is 69.6 Å². The van der Waals surface area contributed by atoms with E-state index in [0.29, 0.717) is 26.2 Å². The summed E-state index contributed by atoms with van der Waals surface area (Å²) in [5, 5.41) is 0.984. The molecule has 0 aliphatic carbocycles. The molecule has 1 aromatic carbocycles. The van der Waals surface area contributed by atoms with Gasteiger partial charge >= 0.3 is 0 Å². The van der Waals surface area contributed by atoms with Gasteiger partial charge < -0.3 is 19.2 Å². The minimum atomic E-state index is -0.307. The minimum absolute atomic E-state index is 0.0102. The first-order chi connectivity index (χ1) is 14.6. The number of halogens is 1. The predicted molar refractivity (Wildman–Crippen MR) is 110 cm³/mol. The summed E-state index contributed by atoms with van der Waals surface area (Å²) in [6.45, 7) is 1.96. The highest BCUT2D eigenvalue weighted by Crippen LogP contribution is 2.31. The number of nitrogens with one attached hydrogen (secondary N) is 1. The molecule has 154 valence electrons. The van der Waals surface area contributed by atoms with Crippen molar-refractivity contribution in [1.29, 1.82) is 0 Å². The van der Waals surface area contributed by atoms with Crippen LogP contribution in [0.15, 0.2) is 53.3 Å². The van der Waals surface area contributed by atoms with E-state index in [1.165, 1.54) is 12.1 Å². The number of furan rings is 1. The zero-order valence-electron chi connectivity index (χ0n) is 16.4. The standard InChI is InChI=1S/C23H22FN3O3/c24-17-3-4-19-20(12-25-21(19)11-17)15-5-7-26(8-6-15)23(29)16-10-22(28)27(13-16)14-18-2-1-9-30-18/h1-5,9,11-12,16,25H,6-8,10,13-14H2. The van der Waals surface area contributed by atoms with Crippen molar-refractivity contribution in [3.8, 4) is 0 Å². The highest BCUT2D eigenvalue weighted by Gasteiger charge is 2.37. The number of carbonyl (C=O) groups excluding carboxylic acids is 2. The monoisotopic (exact) mass is 407 g/mol. The molecule has 3 aromatic rings. The van der Waals surface area contributed by atoms with Gasteiger partial charge in [-0.3, -0.25) is 9.59 Å². The van der Waals surface area contributed by atoms with E-state index in [4.69, 9.17) is 4.42 Å². The van der Waals surface area contributed by atoms with Gasteiger partial charge in [-0.2, -0.15) is 0 Å². The Balaban J connectivity index is 1.25. The van der Waals surface area contributed by atoms with Gasteiger partial charge in [0, 0.05) is 48.7 Å². The summed E-state index contributed by atoms with van der Waals surface area (Å²) >= 11 is 0. The van der Waals surface area contributed by atoms with Crippen molar-refractivity contribution in [2.24, 2.45) is 5.92 Å². The average molecular weight is 407 g/mol. The van der Waals surface area contributed by atoms with E-state index < -0.39 is 0 Å². The number of aromatic nitrogens is 1. The van der Waals surface area contributed by atoms with Crippen molar-refractivity contribution in [2.45, 2.75) is 19.4 Å². The molecule has 6 nitrogen and oxygen atoms in total. The third kappa shape index (κ3) is 3.40. The van der Waals surface area contributed by atoms with E-state index in [1.807, 2.05) is 17.2 Å². The molecule has 1 saturated heterocycles. The Morgan fingerprint density at radius 2 is 2.20 bits per heavy atom. The lowest BCUT2D eigenvalue weighted by Crippen LogP contribution is -2.39. The van der Waals surface area contributed by atoms with Crippen LogP contribution in [0.3, 0.4) is 0 Å². The molecule has 1 fully saturated rings. The minimum Gasteiger partial charge on any atom is -0.467 e. The van der Waals surface area contributed by atoms with Gasteiger partial charge in [-0.05, 0) is 42.3 Å². The van der Waals surface area contributed by atoms with Gasteiger partial charge in [0.25, 0.3) is 0 Å². The van der Waals surface area contributed by atoms with Crippen molar-refractivity contribution in [2.75, 3.05) is 19.6 Å². The maximum atomic E-state index is 13.4. The van der Waals surface area contributed by atoms with Crippen LogP contribution >= 0.6 is 0 Å². The smallest absolute Gasteiger partial charge is 0.228 e. The molecule has 30 heavy (non-hydrogen) atoms. The molecule has 1 atom stereocenters. The molecule has 5 rings (SSSR count). The molecule has 7 heteroatoms. The van der Waals surface area contributed by atoms with E-state index in [0.717, 1.165) is 34.2 Å². The van der Waals surface area contributed by atoms with Crippen LogP contribution in [-0.4, -0.2) is 46.2 Å². The number of aromatic amines is 1. The molecule has 2 aliphatic heterocycles. The van der Waals surface area contributed by atoms with Crippen LogP contribution in [0.5, 0.6) is 0 Å². The fraction of sp³-hybridized carbons (Fsp3) is 0.304. The first kappa shape index (κ1) is 18.7. The van der Waals surface area contributed by atoms with Crippen LogP contribution in [0.4, 0.5) is 4.39 Å². The fourth-order valence-corrected chi connectivity index (χ4v) is 4.42. The number of H-pyrrole nitrogens is 1. The third-order valence-corrected chi connectivity index (χ3v) is 6.00. The average Bonchev–Trinajstić information content (AvgIpc) is 3.48. The van der Waals surface area contributed by atoms with Gasteiger partial charge in [-0.15, -0.1) is 0 Å². The van der Waals surface area contributed by atoms with E-state index in [1.54, 1.807) is 23.3 Å². The van der Waals surface area contributed by atoms with E-state index in [-0.39, 0.29) is 30.0 Å². The lowest BCUT2D eigenvalue weighted by Gasteiger charge is -2.28. The lowest BCUT2D eigenvalue weighted by molar-refractivity contribution is -0.135. The normalized spacial score (nSPS) is 19.6. The van der Waals surface area contributed by atoms with Crippen molar-refractivity contribution in [1.82, 2.24) is 14.8 Å². The molecule has 2 aliphatic rings. The molecule has 2 aromatic heterocycles. The van der Waals surface area contributed by atoms with Crippen LogP contribution in [0, 0.1) is 11.7 Å². The molecule has 0 spiro atoms. The molecule has 0 saturated carbocycles. The Bertz CT molecular complexity index is 1130. The Morgan fingerprint density at radius 3 is 2.97 bits per heavy atom. The maximum absolute atomic E-state index is 13.4. The second-order valence-electron chi connectivity index (χ2n) is 7.91. The molecule has 0 bridgehead atoms. The highest BCUT2D eigenvalue weighted by molar-refractivity contribution is 5.94. The maximum Gasteiger partial charge on any atom is 0.228 e. The second kappa shape index (κ2) is 7.48. The fourth-order valence-electron chi connectivity index (χ4n) is 4.42. The summed E-state index contributed by atoms with van der Waals surface area (Å²) in [4.78, 5) is 31.9. The van der Waals surface area contributed by atoms with Crippen molar-refractivity contribution >= 4 is 28.3 Å². The first-order valence-electron chi connectivity index (χ1n) is 10.1. The second-order valence-corrected chi connectivity index (χ2v) is 7.91. The highest BCUT2D eigenvalue weighted by atomic mass is 19.1. The number of likely N-dealkylation sites (tertiary alicyclic amines) is 1. The van der Waals surface area contributed by atoms with Gasteiger partial charge in [0.1, 0.15) is 11.6 Å². The predicted octanol–water partition coefficient (Wildman–Crippen LogP) is 3.56. The largest absolute Gasteiger partial charge is 0.467 e.